The van der Waals surface area contributed by atoms with Crippen molar-refractivity contribution in [3.63, 3.8) is 0 Å². The summed E-state index contributed by atoms with van der Waals surface area (Å²) >= 11 is 0. The number of ether oxygens (including phenoxy) is 1. The molecule has 0 radical (unpaired) electrons. The Labute approximate surface area is 119 Å². The minimum Gasteiger partial charge on any atom is -0.440 e. The molecule has 0 aliphatic rings. The van der Waals surface area contributed by atoms with Crippen molar-refractivity contribution in [3.8, 4) is 0 Å². The van der Waals surface area contributed by atoms with Crippen molar-refractivity contribution in [2.24, 2.45) is 5.92 Å². The first-order chi connectivity index (χ1) is 9.67. The number of nitrogens with one attached hydrogen (secondary N) is 2. The molecule has 0 saturated carbocycles. The van der Waals surface area contributed by atoms with Crippen molar-refractivity contribution in [1.82, 2.24) is 0 Å². The lowest BCUT2D eigenvalue weighted by Crippen LogP contribution is -2.23. The Bertz CT molecular complexity index is 516. The number of alkyl halides is 3. The average molecular weight is 304 g/mol. The Hall–Kier alpha value is -2.25. The number of halogens is 3. The van der Waals surface area contributed by atoms with Crippen LogP contribution in [0.5, 0.6) is 0 Å². The van der Waals surface area contributed by atoms with E-state index in [2.05, 4.69) is 15.4 Å². The summed E-state index contributed by atoms with van der Waals surface area (Å²) in [5.41, 5.74) is 0.631. The van der Waals surface area contributed by atoms with E-state index in [9.17, 15) is 22.8 Å². The summed E-state index contributed by atoms with van der Waals surface area (Å²) in [6, 6.07) is 6.00. The van der Waals surface area contributed by atoms with Gasteiger partial charge in [-0.15, -0.1) is 0 Å². The van der Waals surface area contributed by atoms with Crippen molar-refractivity contribution >= 4 is 23.4 Å². The van der Waals surface area contributed by atoms with Crippen molar-refractivity contribution in [2.75, 3.05) is 17.2 Å². The van der Waals surface area contributed by atoms with E-state index in [1.807, 2.05) is 0 Å². The molecule has 1 aromatic rings. The Balaban J connectivity index is 2.60. The van der Waals surface area contributed by atoms with Crippen LogP contribution in [0.25, 0.3) is 0 Å². The maximum atomic E-state index is 11.9. The van der Waals surface area contributed by atoms with Crippen LogP contribution in [-0.4, -0.2) is 24.8 Å². The summed E-state index contributed by atoms with van der Waals surface area (Å²) in [6.07, 6.45) is -5.80. The number of carbonyl (C=O) groups is 2. The summed E-state index contributed by atoms with van der Waals surface area (Å²) in [6.45, 7) is 1.76. The smallest absolute Gasteiger partial charge is 0.422 e. The zero-order chi connectivity index (χ0) is 16.0. The predicted octanol–water partition coefficient (Wildman–Crippen LogP) is 3.39. The standard InChI is InChI=1S/C13H15F3N2O3/c1-8(2)11(19)17-9-4-3-5-10(6-9)18-12(20)21-7-13(14,15)16/h3-6,8H,7H2,1-2H3,(H,17,19)(H,18,20). The van der Waals surface area contributed by atoms with Crippen LogP contribution in [-0.2, 0) is 9.53 Å². The zero-order valence-electron chi connectivity index (χ0n) is 11.5. The van der Waals surface area contributed by atoms with Gasteiger partial charge < -0.3 is 10.1 Å². The topological polar surface area (TPSA) is 67.4 Å². The summed E-state index contributed by atoms with van der Waals surface area (Å²) < 4.78 is 39.7. The lowest BCUT2D eigenvalue weighted by atomic mass is 10.2. The van der Waals surface area contributed by atoms with Crippen LogP contribution < -0.4 is 10.6 Å². The number of carbonyl (C=O) groups excluding carboxylic acids is 2. The third-order valence-corrected chi connectivity index (χ3v) is 2.27. The monoisotopic (exact) mass is 304 g/mol. The van der Waals surface area contributed by atoms with E-state index >= 15 is 0 Å². The molecular weight excluding hydrogens is 289 g/mol. The Morgan fingerprint density at radius 3 is 2.29 bits per heavy atom. The van der Waals surface area contributed by atoms with Gasteiger partial charge in [-0.1, -0.05) is 19.9 Å². The molecule has 0 spiro atoms. The van der Waals surface area contributed by atoms with Gasteiger partial charge in [0.15, 0.2) is 6.61 Å². The normalized spacial score (nSPS) is 11.1. The van der Waals surface area contributed by atoms with Crippen molar-refractivity contribution in [2.45, 2.75) is 20.0 Å². The largest absolute Gasteiger partial charge is 0.440 e. The highest BCUT2D eigenvalue weighted by Gasteiger charge is 2.29. The summed E-state index contributed by atoms with van der Waals surface area (Å²) in [5, 5.41) is 4.75. The van der Waals surface area contributed by atoms with E-state index in [1.54, 1.807) is 19.9 Å². The number of anilines is 2. The number of amides is 2. The van der Waals surface area contributed by atoms with E-state index in [-0.39, 0.29) is 17.5 Å². The van der Waals surface area contributed by atoms with Crippen LogP contribution in [0.1, 0.15) is 13.8 Å². The molecule has 0 atom stereocenters. The highest BCUT2D eigenvalue weighted by atomic mass is 19.4. The van der Waals surface area contributed by atoms with Crippen LogP contribution in [0.4, 0.5) is 29.3 Å². The number of hydrogen-bond acceptors (Lipinski definition) is 3. The number of rotatable bonds is 4. The van der Waals surface area contributed by atoms with Crippen LogP contribution in [0.2, 0.25) is 0 Å². The Kier molecular flexibility index (Phi) is 5.57. The van der Waals surface area contributed by atoms with Gasteiger partial charge in [-0.2, -0.15) is 13.2 Å². The number of benzene rings is 1. The molecule has 1 rings (SSSR count). The van der Waals surface area contributed by atoms with Gasteiger partial charge >= 0.3 is 12.3 Å². The predicted molar refractivity (Wildman–Crippen MR) is 70.9 cm³/mol. The fraction of sp³-hybridized carbons (Fsp3) is 0.385. The van der Waals surface area contributed by atoms with Crippen LogP contribution in [0.3, 0.4) is 0 Å². The molecule has 0 fully saturated rings. The van der Waals surface area contributed by atoms with Crippen molar-refractivity contribution in [1.29, 1.82) is 0 Å². The van der Waals surface area contributed by atoms with Gasteiger partial charge in [0.25, 0.3) is 0 Å². The molecule has 0 saturated heterocycles. The average Bonchev–Trinajstić information content (AvgIpc) is 2.36. The second-order valence-corrected chi connectivity index (χ2v) is 4.54. The summed E-state index contributed by atoms with van der Waals surface area (Å²) in [5.74, 6) is -0.440. The molecule has 2 N–H and O–H groups in total. The fourth-order valence-corrected chi connectivity index (χ4v) is 1.26. The zero-order valence-corrected chi connectivity index (χ0v) is 11.5. The molecule has 116 valence electrons. The molecule has 1 aromatic carbocycles. The summed E-state index contributed by atoms with van der Waals surface area (Å²) in [7, 11) is 0. The van der Waals surface area contributed by atoms with Gasteiger partial charge in [0.2, 0.25) is 5.91 Å². The first-order valence-corrected chi connectivity index (χ1v) is 6.09. The Morgan fingerprint density at radius 2 is 1.76 bits per heavy atom. The van der Waals surface area contributed by atoms with Gasteiger partial charge in [0.1, 0.15) is 0 Å². The van der Waals surface area contributed by atoms with E-state index in [1.165, 1.54) is 18.2 Å². The molecule has 0 heterocycles. The molecular formula is C13H15F3N2O3. The molecule has 8 heteroatoms. The quantitative estimate of drug-likeness (QED) is 0.896. The minimum absolute atomic E-state index is 0.212. The third-order valence-electron chi connectivity index (χ3n) is 2.27. The van der Waals surface area contributed by atoms with Crippen LogP contribution in [0.15, 0.2) is 24.3 Å². The molecule has 0 aliphatic heterocycles. The maximum Gasteiger partial charge on any atom is 0.422 e. The van der Waals surface area contributed by atoms with Crippen molar-refractivity contribution < 1.29 is 27.5 Å². The highest BCUT2D eigenvalue weighted by Crippen LogP contribution is 2.18. The van der Waals surface area contributed by atoms with Gasteiger partial charge in [-0.25, -0.2) is 4.79 Å². The molecule has 2 amide bonds. The van der Waals surface area contributed by atoms with Gasteiger partial charge in [-0.3, -0.25) is 10.1 Å². The van der Waals surface area contributed by atoms with Gasteiger partial charge in [0.05, 0.1) is 0 Å². The second kappa shape index (κ2) is 6.96. The fourth-order valence-electron chi connectivity index (χ4n) is 1.26. The first-order valence-electron chi connectivity index (χ1n) is 6.09. The SMILES string of the molecule is CC(C)C(=O)Nc1cccc(NC(=O)OCC(F)(F)F)c1. The van der Waals surface area contributed by atoms with E-state index in [0.717, 1.165) is 0 Å². The molecule has 0 unspecified atom stereocenters. The summed E-state index contributed by atoms with van der Waals surface area (Å²) in [4.78, 5) is 22.7. The van der Waals surface area contributed by atoms with E-state index in [4.69, 9.17) is 0 Å². The lowest BCUT2D eigenvalue weighted by Gasteiger charge is -2.11. The van der Waals surface area contributed by atoms with Crippen molar-refractivity contribution in [3.05, 3.63) is 24.3 Å². The third kappa shape index (κ3) is 6.64. The van der Waals surface area contributed by atoms with Crippen LogP contribution in [0, 0.1) is 5.92 Å². The highest BCUT2D eigenvalue weighted by molar-refractivity contribution is 5.93. The van der Waals surface area contributed by atoms with Gasteiger partial charge in [0, 0.05) is 17.3 Å². The second-order valence-electron chi connectivity index (χ2n) is 4.54. The molecule has 0 bridgehead atoms. The van der Waals surface area contributed by atoms with E-state index < -0.39 is 18.9 Å². The molecule has 5 nitrogen and oxygen atoms in total. The lowest BCUT2D eigenvalue weighted by molar-refractivity contribution is -0.159. The first kappa shape index (κ1) is 16.8. The van der Waals surface area contributed by atoms with Crippen LogP contribution >= 0.6 is 0 Å². The molecule has 0 aliphatic carbocycles. The molecule has 0 aromatic heterocycles. The minimum atomic E-state index is -4.58. The van der Waals surface area contributed by atoms with Gasteiger partial charge in [-0.05, 0) is 18.2 Å². The van der Waals surface area contributed by atoms with E-state index in [0.29, 0.717) is 5.69 Å². The molecule has 21 heavy (non-hydrogen) atoms. The number of hydrogen-bond donors (Lipinski definition) is 2. The Morgan fingerprint density at radius 1 is 1.19 bits per heavy atom. The maximum absolute atomic E-state index is 11.9.